The number of aromatic nitrogens is 4. The average Bonchev–Trinajstić information content (AvgIpc) is 3.02. The van der Waals surface area contributed by atoms with E-state index in [-0.39, 0.29) is 6.04 Å². The Morgan fingerprint density at radius 2 is 2.20 bits per heavy atom. The zero-order valence-electron chi connectivity index (χ0n) is 11.8. The maximum atomic E-state index is 6.38. The molecule has 0 aliphatic carbocycles. The summed E-state index contributed by atoms with van der Waals surface area (Å²) in [4.78, 5) is 0. The Labute approximate surface area is 118 Å². The minimum Gasteiger partial charge on any atom is -0.324 e. The summed E-state index contributed by atoms with van der Waals surface area (Å²) in [6.45, 7) is 4.97. The number of nitrogens with two attached hydrogens (primary N) is 1. The van der Waals surface area contributed by atoms with Gasteiger partial charge >= 0.3 is 0 Å². The predicted octanol–water partition coefficient (Wildman–Crippen LogP) is 2.10. The summed E-state index contributed by atoms with van der Waals surface area (Å²) in [5.74, 6) is 0. The zero-order chi connectivity index (χ0) is 14.1. The molecule has 104 valence electrons. The lowest BCUT2D eigenvalue weighted by atomic mass is 10.0. The fraction of sp³-hybridized carbons (Fsp3) is 0.333. The molecular formula is C15H19N5. The highest BCUT2D eigenvalue weighted by Crippen LogP contribution is 2.21. The van der Waals surface area contributed by atoms with Crippen LogP contribution in [0.4, 0.5) is 0 Å². The van der Waals surface area contributed by atoms with Gasteiger partial charge in [0.15, 0.2) is 0 Å². The maximum absolute atomic E-state index is 6.38. The van der Waals surface area contributed by atoms with E-state index in [0.29, 0.717) is 0 Å². The van der Waals surface area contributed by atoms with Crippen molar-refractivity contribution in [2.75, 3.05) is 0 Å². The first-order chi connectivity index (χ1) is 9.69. The smallest absolute Gasteiger partial charge is 0.0709 e. The van der Waals surface area contributed by atoms with Crippen LogP contribution in [0.25, 0.3) is 5.52 Å². The largest absolute Gasteiger partial charge is 0.324 e. The summed E-state index contributed by atoms with van der Waals surface area (Å²) in [5.41, 5.74) is 10.7. The summed E-state index contributed by atoms with van der Waals surface area (Å²) in [6.07, 6.45) is 4.57. The Morgan fingerprint density at radius 1 is 1.35 bits per heavy atom. The van der Waals surface area contributed by atoms with Crippen molar-refractivity contribution in [2.24, 2.45) is 5.73 Å². The molecule has 1 unspecified atom stereocenters. The number of rotatable bonds is 4. The van der Waals surface area contributed by atoms with Gasteiger partial charge in [-0.05, 0) is 32.0 Å². The number of aryl methyl sites for hydroxylation is 2. The molecule has 0 saturated heterocycles. The van der Waals surface area contributed by atoms with Gasteiger partial charge in [-0.15, -0.1) is 0 Å². The molecule has 20 heavy (non-hydrogen) atoms. The first-order valence-electron chi connectivity index (χ1n) is 6.90. The Bertz CT molecular complexity index is 725. The van der Waals surface area contributed by atoms with Gasteiger partial charge in [0.2, 0.25) is 0 Å². The van der Waals surface area contributed by atoms with Crippen LogP contribution < -0.4 is 5.73 Å². The second kappa shape index (κ2) is 5.09. The topological polar surface area (TPSA) is 61.1 Å². The number of hydrogen-bond acceptors (Lipinski definition) is 3. The zero-order valence-corrected chi connectivity index (χ0v) is 11.8. The van der Waals surface area contributed by atoms with E-state index in [0.717, 1.165) is 29.7 Å². The maximum Gasteiger partial charge on any atom is 0.0709 e. The summed E-state index contributed by atoms with van der Waals surface area (Å²) < 4.78 is 3.87. The van der Waals surface area contributed by atoms with E-state index in [2.05, 4.69) is 23.2 Å². The van der Waals surface area contributed by atoms with Gasteiger partial charge in [0.05, 0.1) is 17.4 Å². The molecule has 0 aliphatic heterocycles. The van der Waals surface area contributed by atoms with E-state index >= 15 is 0 Å². The van der Waals surface area contributed by atoms with Gasteiger partial charge in [-0.3, -0.25) is 4.68 Å². The minimum absolute atomic E-state index is 0.0729. The van der Waals surface area contributed by atoms with Gasteiger partial charge in [0.25, 0.3) is 0 Å². The minimum atomic E-state index is -0.0729. The van der Waals surface area contributed by atoms with E-state index in [1.165, 1.54) is 5.69 Å². The Hall–Kier alpha value is -2.14. The summed E-state index contributed by atoms with van der Waals surface area (Å²) in [7, 11) is 0. The van der Waals surface area contributed by atoms with Gasteiger partial charge in [-0.2, -0.15) is 10.2 Å². The molecule has 0 radical (unpaired) electrons. The van der Waals surface area contributed by atoms with Crippen LogP contribution in [0.3, 0.4) is 0 Å². The Morgan fingerprint density at radius 3 is 3.00 bits per heavy atom. The van der Waals surface area contributed by atoms with Gasteiger partial charge < -0.3 is 5.73 Å². The molecule has 0 aliphatic rings. The van der Waals surface area contributed by atoms with Crippen LogP contribution in [0.2, 0.25) is 0 Å². The van der Waals surface area contributed by atoms with Crippen molar-refractivity contribution in [1.82, 2.24) is 19.4 Å². The third-order valence-corrected chi connectivity index (χ3v) is 3.57. The van der Waals surface area contributed by atoms with E-state index in [4.69, 9.17) is 5.73 Å². The molecule has 5 nitrogen and oxygen atoms in total. The third kappa shape index (κ3) is 2.20. The Balaban J connectivity index is 1.91. The SMILES string of the molecule is CCn1nc(C)cc1CC(N)c1cnn2ccccc12. The summed E-state index contributed by atoms with van der Waals surface area (Å²) in [6, 6.07) is 8.05. The second-order valence-corrected chi connectivity index (χ2v) is 5.03. The number of hydrogen-bond donors (Lipinski definition) is 1. The van der Waals surface area contributed by atoms with Crippen LogP contribution in [0.15, 0.2) is 36.7 Å². The molecule has 0 fully saturated rings. The highest BCUT2D eigenvalue weighted by molar-refractivity contribution is 5.54. The van der Waals surface area contributed by atoms with Crippen molar-refractivity contribution in [2.45, 2.75) is 32.9 Å². The first kappa shape index (κ1) is 12.9. The fourth-order valence-electron chi connectivity index (χ4n) is 2.61. The second-order valence-electron chi connectivity index (χ2n) is 5.03. The van der Waals surface area contributed by atoms with Crippen LogP contribution in [-0.2, 0) is 13.0 Å². The lowest BCUT2D eigenvalue weighted by Gasteiger charge is -2.11. The van der Waals surface area contributed by atoms with Crippen LogP contribution >= 0.6 is 0 Å². The average molecular weight is 269 g/mol. The normalized spacial score (nSPS) is 12.9. The lowest BCUT2D eigenvalue weighted by Crippen LogP contribution is -2.16. The molecule has 3 aromatic heterocycles. The van der Waals surface area contributed by atoms with E-state index in [9.17, 15) is 0 Å². The molecule has 0 bridgehead atoms. The molecule has 0 spiro atoms. The molecule has 0 saturated carbocycles. The van der Waals surface area contributed by atoms with Gasteiger partial charge in [0.1, 0.15) is 0 Å². The van der Waals surface area contributed by atoms with E-state index < -0.39 is 0 Å². The van der Waals surface area contributed by atoms with Gasteiger partial charge in [-0.1, -0.05) is 6.07 Å². The standard InChI is InChI=1S/C15H19N5/c1-3-19-12(8-11(2)18-19)9-14(16)13-10-17-20-7-5-4-6-15(13)20/h4-8,10,14H,3,9,16H2,1-2H3. The van der Waals surface area contributed by atoms with Crippen LogP contribution in [0, 0.1) is 6.92 Å². The van der Waals surface area contributed by atoms with Crippen molar-refractivity contribution in [3.63, 3.8) is 0 Å². The van der Waals surface area contributed by atoms with Crippen LogP contribution in [0.5, 0.6) is 0 Å². The van der Waals surface area contributed by atoms with Crippen molar-refractivity contribution in [3.05, 3.63) is 53.6 Å². The molecule has 3 rings (SSSR count). The third-order valence-electron chi connectivity index (χ3n) is 3.57. The monoisotopic (exact) mass is 269 g/mol. The highest BCUT2D eigenvalue weighted by Gasteiger charge is 2.15. The number of fused-ring (bicyclic) bond motifs is 1. The van der Waals surface area contributed by atoms with E-state index in [1.807, 2.05) is 46.7 Å². The van der Waals surface area contributed by atoms with Crippen molar-refractivity contribution in [3.8, 4) is 0 Å². The molecule has 5 heteroatoms. The highest BCUT2D eigenvalue weighted by atomic mass is 15.3. The molecule has 1 atom stereocenters. The van der Waals surface area contributed by atoms with Crippen molar-refractivity contribution < 1.29 is 0 Å². The predicted molar refractivity (Wildman–Crippen MR) is 78.5 cm³/mol. The fourth-order valence-corrected chi connectivity index (χ4v) is 2.61. The van der Waals surface area contributed by atoms with Crippen molar-refractivity contribution in [1.29, 1.82) is 0 Å². The quantitative estimate of drug-likeness (QED) is 0.789. The molecule has 3 aromatic rings. The van der Waals surface area contributed by atoms with Crippen LogP contribution in [0.1, 0.15) is 29.9 Å². The molecule has 2 N–H and O–H groups in total. The van der Waals surface area contributed by atoms with Crippen LogP contribution in [-0.4, -0.2) is 19.4 Å². The summed E-state index contributed by atoms with van der Waals surface area (Å²) in [5, 5.41) is 8.81. The first-order valence-corrected chi connectivity index (χ1v) is 6.90. The number of pyridine rings is 1. The van der Waals surface area contributed by atoms with E-state index in [1.54, 1.807) is 0 Å². The lowest BCUT2D eigenvalue weighted by molar-refractivity contribution is 0.588. The Kier molecular flexibility index (Phi) is 3.28. The summed E-state index contributed by atoms with van der Waals surface area (Å²) >= 11 is 0. The number of nitrogens with zero attached hydrogens (tertiary/aromatic N) is 4. The van der Waals surface area contributed by atoms with Gasteiger partial charge in [0, 0.05) is 36.5 Å². The molecule has 0 aromatic carbocycles. The molecule has 0 amide bonds. The molecule has 3 heterocycles. The van der Waals surface area contributed by atoms with Crippen molar-refractivity contribution >= 4 is 5.52 Å². The molecular weight excluding hydrogens is 250 g/mol. The van der Waals surface area contributed by atoms with Gasteiger partial charge in [-0.25, -0.2) is 4.52 Å².